The van der Waals surface area contributed by atoms with E-state index in [9.17, 15) is 4.39 Å². The Hall–Kier alpha value is -2.43. The SMILES string of the molecule is CC(C)n1c(-c2cccc(N)n2)nc2ccc(F)cc21. The number of halogens is 1. The Kier molecular flexibility index (Phi) is 2.89. The second-order valence-electron chi connectivity index (χ2n) is 4.98. The highest BCUT2D eigenvalue weighted by Gasteiger charge is 2.16. The molecule has 5 heteroatoms. The Morgan fingerprint density at radius 1 is 1.15 bits per heavy atom. The van der Waals surface area contributed by atoms with Crippen molar-refractivity contribution in [3.05, 3.63) is 42.2 Å². The second-order valence-corrected chi connectivity index (χ2v) is 4.98. The zero-order valence-electron chi connectivity index (χ0n) is 11.3. The van der Waals surface area contributed by atoms with Gasteiger partial charge in [0.15, 0.2) is 5.82 Å². The molecule has 0 unspecified atom stereocenters. The van der Waals surface area contributed by atoms with Crippen molar-refractivity contribution in [2.45, 2.75) is 19.9 Å². The first-order valence-corrected chi connectivity index (χ1v) is 6.46. The molecule has 3 rings (SSSR count). The molecule has 0 spiro atoms. The predicted molar refractivity (Wildman–Crippen MR) is 77.7 cm³/mol. The highest BCUT2D eigenvalue weighted by atomic mass is 19.1. The summed E-state index contributed by atoms with van der Waals surface area (Å²) in [6, 6.07) is 10.1. The van der Waals surface area contributed by atoms with Gasteiger partial charge in [0.25, 0.3) is 0 Å². The average molecular weight is 270 g/mol. The summed E-state index contributed by atoms with van der Waals surface area (Å²) in [6.07, 6.45) is 0. The van der Waals surface area contributed by atoms with Crippen molar-refractivity contribution in [1.82, 2.24) is 14.5 Å². The van der Waals surface area contributed by atoms with E-state index in [0.29, 0.717) is 17.3 Å². The Bertz CT molecular complexity index is 777. The van der Waals surface area contributed by atoms with Crippen molar-refractivity contribution in [1.29, 1.82) is 0 Å². The van der Waals surface area contributed by atoms with Gasteiger partial charge in [-0.05, 0) is 44.2 Å². The second kappa shape index (κ2) is 4.59. The van der Waals surface area contributed by atoms with E-state index in [1.807, 2.05) is 30.5 Å². The number of fused-ring (bicyclic) bond motifs is 1. The fraction of sp³-hybridized carbons (Fsp3) is 0.200. The Morgan fingerprint density at radius 2 is 1.95 bits per heavy atom. The van der Waals surface area contributed by atoms with Crippen LogP contribution in [-0.2, 0) is 0 Å². The number of pyridine rings is 1. The summed E-state index contributed by atoms with van der Waals surface area (Å²) >= 11 is 0. The zero-order valence-corrected chi connectivity index (χ0v) is 11.3. The van der Waals surface area contributed by atoms with Gasteiger partial charge in [0, 0.05) is 6.04 Å². The maximum absolute atomic E-state index is 13.5. The molecule has 3 aromatic rings. The Morgan fingerprint density at radius 3 is 2.65 bits per heavy atom. The number of nitrogens with two attached hydrogens (primary N) is 1. The maximum atomic E-state index is 13.5. The van der Waals surface area contributed by atoms with Crippen molar-refractivity contribution in [2.24, 2.45) is 0 Å². The summed E-state index contributed by atoms with van der Waals surface area (Å²) in [6.45, 7) is 4.06. The van der Waals surface area contributed by atoms with E-state index in [1.54, 1.807) is 12.1 Å². The highest BCUT2D eigenvalue weighted by molar-refractivity contribution is 5.80. The number of rotatable bonds is 2. The minimum atomic E-state index is -0.272. The first kappa shape index (κ1) is 12.6. The van der Waals surface area contributed by atoms with Crippen LogP contribution in [0.25, 0.3) is 22.6 Å². The van der Waals surface area contributed by atoms with Crippen LogP contribution in [0.4, 0.5) is 10.2 Å². The summed E-state index contributed by atoms with van der Waals surface area (Å²) in [5, 5.41) is 0. The van der Waals surface area contributed by atoms with Crippen molar-refractivity contribution in [3.8, 4) is 11.5 Å². The van der Waals surface area contributed by atoms with E-state index in [0.717, 1.165) is 11.0 Å². The molecular formula is C15H15FN4. The first-order chi connectivity index (χ1) is 9.56. The topological polar surface area (TPSA) is 56.7 Å². The molecule has 0 aliphatic heterocycles. The lowest BCUT2D eigenvalue weighted by Crippen LogP contribution is -2.04. The molecule has 0 saturated heterocycles. The molecule has 20 heavy (non-hydrogen) atoms. The smallest absolute Gasteiger partial charge is 0.160 e. The number of benzene rings is 1. The third-order valence-electron chi connectivity index (χ3n) is 3.17. The molecule has 1 aromatic carbocycles. The predicted octanol–water partition coefficient (Wildman–Crippen LogP) is 3.40. The van der Waals surface area contributed by atoms with E-state index in [4.69, 9.17) is 5.73 Å². The summed E-state index contributed by atoms with van der Waals surface area (Å²) in [4.78, 5) is 8.87. The fourth-order valence-electron chi connectivity index (χ4n) is 2.35. The molecule has 0 aliphatic rings. The van der Waals surface area contributed by atoms with Crippen LogP contribution in [-0.4, -0.2) is 14.5 Å². The van der Waals surface area contributed by atoms with Gasteiger partial charge < -0.3 is 10.3 Å². The molecule has 0 radical (unpaired) electrons. The normalized spacial score (nSPS) is 11.4. The van der Waals surface area contributed by atoms with Crippen LogP contribution in [0.15, 0.2) is 36.4 Å². The van der Waals surface area contributed by atoms with Gasteiger partial charge in [-0.3, -0.25) is 0 Å². The molecule has 0 amide bonds. The van der Waals surface area contributed by atoms with Gasteiger partial charge in [0.05, 0.1) is 11.0 Å². The van der Waals surface area contributed by atoms with Crippen LogP contribution in [0.3, 0.4) is 0 Å². The van der Waals surface area contributed by atoms with Crippen molar-refractivity contribution >= 4 is 16.9 Å². The standard InChI is InChI=1S/C15H15FN4/c1-9(2)20-13-8-10(16)6-7-11(13)19-15(20)12-4-3-5-14(17)18-12/h3-9H,1-2H3,(H2,17,18). The van der Waals surface area contributed by atoms with Crippen LogP contribution in [0.5, 0.6) is 0 Å². The van der Waals surface area contributed by atoms with E-state index >= 15 is 0 Å². The number of nitrogens with zero attached hydrogens (tertiary/aromatic N) is 3. The highest BCUT2D eigenvalue weighted by Crippen LogP contribution is 2.28. The first-order valence-electron chi connectivity index (χ1n) is 6.46. The Labute approximate surface area is 116 Å². The number of anilines is 1. The monoisotopic (exact) mass is 270 g/mol. The molecule has 2 N–H and O–H groups in total. The van der Waals surface area contributed by atoms with E-state index < -0.39 is 0 Å². The van der Waals surface area contributed by atoms with Crippen LogP contribution < -0.4 is 5.73 Å². The van der Waals surface area contributed by atoms with Crippen molar-refractivity contribution in [2.75, 3.05) is 5.73 Å². The zero-order chi connectivity index (χ0) is 14.3. The Balaban J connectivity index is 2.32. The molecule has 4 nitrogen and oxygen atoms in total. The average Bonchev–Trinajstić information content (AvgIpc) is 2.77. The largest absolute Gasteiger partial charge is 0.384 e. The van der Waals surface area contributed by atoms with Crippen LogP contribution in [0.2, 0.25) is 0 Å². The molecule has 0 atom stereocenters. The summed E-state index contributed by atoms with van der Waals surface area (Å²) in [5.74, 6) is 0.871. The lowest BCUT2D eigenvalue weighted by Gasteiger charge is -2.12. The van der Waals surface area contributed by atoms with Gasteiger partial charge >= 0.3 is 0 Å². The molecule has 2 heterocycles. The van der Waals surface area contributed by atoms with Crippen LogP contribution in [0.1, 0.15) is 19.9 Å². The van der Waals surface area contributed by atoms with E-state index in [2.05, 4.69) is 9.97 Å². The third kappa shape index (κ3) is 2.01. The summed E-state index contributed by atoms with van der Waals surface area (Å²) in [5.41, 5.74) is 7.93. The van der Waals surface area contributed by atoms with Gasteiger partial charge in [0.2, 0.25) is 0 Å². The quantitative estimate of drug-likeness (QED) is 0.776. The van der Waals surface area contributed by atoms with Gasteiger partial charge in [-0.2, -0.15) is 0 Å². The number of hydrogen-bond acceptors (Lipinski definition) is 3. The molecule has 0 saturated carbocycles. The van der Waals surface area contributed by atoms with Gasteiger partial charge in [-0.25, -0.2) is 14.4 Å². The maximum Gasteiger partial charge on any atom is 0.160 e. The lowest BCUT2D eigenvalue weighted by molar-refractivity contribution is 0.612. The molecule has 0 fully saturated rings. The number of nitrogen functional groups attached to an aromatic ring is 1. The van der Waals surface area contributed by atoms with Crippen LogP contribution >= 0.6 is 0 Å². The molecule has 102 valence electrons. The van der Waals surface area contributed by atoms with Crippen molar-refractivity contribution in [3.63, 3.8) is 0 Å². The molecule has 0 bridgehead atoms. The van der Waals surface area contributed by atoms with E-state index in [1.165, 1.54) is 12.1 Å². The molecule has 0 aliphatic carbocycles. The minimum absolute atomic E-state index is 0.139. The number of aromatic nitrogens is 3. The number of imidazole rings is 1. The number of hydrogen-bond donors (Lipinski definition) is 1. The van der Waals surface area contributed by atoms with Gasteiger partial charge in [0.1, 0.15) is 17.3 Å². The van der Waals surface area contributed by atoms with Gasteiger partial charge in [-0.15, -0.1) is 0 Å². The molecular weight excluding hydrogens is 255 g/mol. The lowest BCUT2D eigenvalue weighted by atomic mass is 10.2. The summed E-state index contributed by atoms with van der Waals surface area (Å²) in [7, 11) is 0. The van der Waals surface area contributed by atoms with Crippen LogP contribution in [0, 0.1) is 5.82 Å². The third-order valence-corrected chi connectivity index (χ3v) is 3.17. The summed E-state index contributed by atoms with van der Waals surface area (Å²) < 4.78 is 15.5. The minimum Gasteiger partial charge on any atom is -0.384 e. The van der Waals surface area contributed by atoms with Crippen molar-refractivity contribution < 1.29 is 4.39 Å². The molecule has 2 aromatic heterocycles. The van der Waals surface area contributed by atoms with E-state index in [-0.39, 0.29) is 11.9 Å². The fourth-order valence-corrected chi connectivity index (χ4v) is 2.35. The van der Waals surface area contributed by atoms with Gasteiger partial charge in [-0.1, -0.05) is 6.07 Å².